The van der Waals surface area contributed by atoms with Crippen molar-refractivity contribution >= 4 is 30.6 Å². The molecule has 34 heavy (non-hydrogen) atoms. The van der Waals surface area contributed by atoms with Crippen LogP contribution in [0.1, 0.15) is 26.3 Å². The van der Waals surface area contributed by atoms with Crippen molar-refractivity contribution in [3.05, 3.63) is 66.2 Å². The van der Waals surface area contributed by atoms with Crippen LogP contribution in [0.2, 0.25) is 0 Å². The Balaban J connectivity index is 2.05. The molecule has 2 rings (SSSR count). The summed E-state index contributed by atoms with van der Waals surface area (Å²) in [6, 6.07) is 17.8. The molecule has 9 nitrogen and oxygen atoms in total. The zero-order valence-electron chi connectivity index (χ0n) is 19.7. The number of hydrogen-bond acceptors (Lipinski definition) is 6. The summed E-state index contributed by atoms with van der Waals surface area (Å²) in [4.78, 5) is 36.5. The molecule has 2 atom stereocenters. The van der Waals surface area contributed by atoms with Gasteiger partial charge in [-0.25, -0.2) is 4.79 Å². The third-order valence-corrected chi connectivity index (χ3v) is 8.04. The van der Waals surface area contributed by atoms with Crippen molar-refractivity contribution in [3.63, 3.8) is 0 Å². The fourth-order valence-corrected chi connectivity index (χ4v) is 6.06. The van der Waals surface area contributed by atoms with E-state index in [1.807, 2.05) is 44.2 Å². The summed E-state index contributed by atoms with van der Waals surface area (Å²) in [6.07, 6.45) is -0.744. The second kappa shape index (κ2) is 13.5. The van der Waals surface area contributed by atoms with Crippen LogP contribution in [0.3, 0.4) is 0 Å². The first-order valence-electron chi connectivity index (χ1n) is 11.1. The highest BCUT2D eigenvalue weighted by atomic mass is 31.2. The summed E-state index contributed by atoms with van der Waals surface area (Å²) < 4.78 is 24.2. The van der Waals surface area contributed by atoms with E-state index < -0.39 is 31.0 Å². The summed E-state index contributed by atoms with van der Waals surface area (Å²) in [7, 11) is -3.50. The number of hydrogen-bond donors (Lipinski definition) is 3. The Morgan fingerprint density at radius 3 is 2.12 bits per heavy atom. The largest absolute Gasteiger partial charge is 0.465 e. The summed E-state index contributed by atoms with van der Waals surface area (Å²) >= 11 is 0. The lowest BCUT2D eigenvalue weighted by Crippen LogP contribution is -2.48. The average Bonchev–Trinajstić information content (AvgIpc) is 2.84. The highest BCUT2D eigenvalue weighted by Crippen LogP contribution is 2.47. The maximum atomic E-state index is 14.2. The fraction of sp³-hybridized carbons (Fsp3) is 0.375. The Morgan fingerprint density at radius 1 is 0.912 bits per heavy atom. The smallest absolute Gasteiger partial charge is 0.407 e. The maximum absolute atomic E-state index is 14.2. The first-order valence-corrected chi connectivity index (χ1v) is 12.8. The quantitative estimate of drug-likeness (QED) is 0.309. The van der Waals surface area contributed by atoms with Gasteiger partial charge >= 0.3 is 12.1 Å². The molecule has 184 valence electrons. The predicted molar refractivity (Wildman–Crippen MR) is 130 cm³/mol. The average molecular weight is 490 g/mol. The van der Waals surface area contributed by atoms with Crippen molar-refractivity contribution in [2.75, 3.05) is 19.7 Å². The molecule has 0 heterocycles. The Bertz CT molecular complexity index is 985. The van der Waals surface area contributed by atoms with Crippen LogP contribution >= 0.6 is 7.29 Å². The van der Waals surface area contributed by atoms with Crippen molar-refractivity contribution in [3.8, 4) is 0 Å². The molecule has 2 aromatic carbocycles. The third kappa shape index (κ3) is 8.32. The molecule has 10 heteroatoms. The number of ether oxygens (including phenoxy) is 2. The first-order chi connectivity index (χ1) is 16.3. The Hall–Kier alpha value is -3.16. The monoisotopic (exact) mass is 489 g/mol. The number of alkyl carbamates (subject to hydrolysis) is 1. The van der Waals surface area contributed by atoms with E-state index in [1.54, 1.807) is 37.3 Å². The molecule has 2 aromatic rings. The molecule has 0 aliphatic heterocycles. The van der Waals surface area contributed by atoms with Gasteiger partial charge in [-0.2, -0.15) is 0 Å². The molecule has 0 bridgehead atoms. The number of rotatable bonds is 12. The lowest BCUT2D eigenvalue weighted by atomic mass is 10.2. The van der Waals surface area contributed by atoms with Crippen LogP contribution < -0.4 is 21.0 Å². The van der Waals surface area contributed by atoms with Crippen molar-refractivity contribution in [1.29, 1.82) is 0 Å². The number of carbonyl (C=O) groups excluding carboxylic acids is 3. The molecule has 0 saturated carbocycles. The zero-order valence-corrected chi connectivity index (χ0v) is 20.5. The van der Waals surface area contributed by atoms with Gasteiger partial charge in [0.2, 0.25) is 5.91 Å². The van der Waals surface area contributed by atoms with Gasteiger partial charge in [0.1, 0.15) is 25.5 Å². The van der Waals surface area contributed by atoms with Crippen molar-refractivity contribution in [2.45, 2.75) is 33.2 Å². The van der Waals surface area contributed by atoms with Gasteiger partial charge in [0, 0.05) is 5.30 Å². The zero-order chi connectivity index (χ0) is 25.0. The van der Waals surface area contributed by atoms with Gasteiger partial charge in [-0.15, -0.1) is 0 Å². The summed E-state index contributed by atoms with van der Waals surface area (Å²) in [6.45, 7) is 4.95. The van der Waals surface area contributed by atoms with Gasteiger partial charge < -0.3 is 20.1 Å². The minimum Gasteiger partial charge on any atom is -0.465 e. The number of benzene rings is 2. The van der Waals surface area contributed by atoms with E-state index in [0.717, 1.165) is 5.56 Å². The maximum Gasteiger partial charge on any atom is 0.407 e. The number of carbonyl (C=O) groups is 3. The van der Waals surface area contributed by atoms with Crippen LogP contribution in [0.5, 0.6) is 0 Å². The second-order valence-corrected chi connectivity index (χ2v) is 10.5. The molecule has 3 N–H and O–H groups in total. The topological polar surface area (TPSA) is 123 Å². The Kier molecular flexibility index (Phi) is 10.8. The van der Waals surface area contributed by atoms with Crippen LogP contribution in [-0.4, -0.2) is 43.4 Å². The molecular formula is C24H32N3O6P. The fourth-order valence-electron chi connectivity index (χ4n) is 3.21. The molecule has 0 aliphatic carbocycles. The van der Waals surface area contributed by atoms with Crippen LogP contribution in [-0.2, 0) is 30.2 Å². The molecular weight excluding hydrogens is 457 g/mol. The second-order valence-electron chi connectivity index (χ2n) is 7.81. The normalized spacial score (nSPS) is 13.4. The number of nitrogens with one attached hydrogen (secondary N) is 3. The summed E-state index contributed by atoms with van der Waals surface area (Å²) in [5, 5.41) is 8.46. The van der Waals surface area contributed by atoms with Crippen LogP contribution in [0.4, 0.5) is 4.79 Å². The van der Waals surface area contributed by atoms with Gasteiger partial charge in [-0.3, -0.25) is 19.2 Å². The molecule has 0 aromatic heterocycles. The minimum atomic E-state index is -3.50. The van der Waals surface area contributed by atoms with Crippen molar-refractivity contribution in [2.24, 2.45) is 5.92 Å². The van der Waals surface area contributed by atoms with Crippen LogP contribution in [0, 0.1) is 5.92 Å². The van der Waals surface area contributed by atoms with E-state index in [-0.39, 0.29) is 32.2 Å². The summed E-state index contributed by atoms with van der Waals surface area (Å²) in [5.41, 5.74) is 0.818. The highest BCUT2D eigenvalue weighted by molar-refractivity contribution is 7.70. The van der Waals surface area contributed by atoms with E-state index in [1.165, 1.54) is 0 Å². The van der Waals surface area contributed by atoms with Gasteiger partial charge in [0.15, 0.2) is 7.29 Å². The molecule has 0 aliphatic rings. The molecule has 0 spiro atoms. The number of esters is 1. The summed E-state index contributed by atoms with van der Waals surface area (Å²) in [5.74, 6) is -2.17. The highest BCUT2D eigenvalue weighted by Gasteiger charge is 2.38. The van der Waals surface area contributed by atoms with E-state index in [2.05, 4.69) is 15.7 Å². The molecule has 0 radical (unpaired) electrons. The molecule has 0 fully saturated rings. The first kappa shape index (κ1) is 27.1. The van der Waals surface area contributed by atoms with Crippen molar-refractivity contribution < 1.29 is 28.4 Å². The van der Waals surface area contributed by atoms with Gasteiger partial charge in [-0.1, -0.05) is 74.5 Å². The Labute approximate surface area is 200 Å². The van der Waals surface area contributed by atoms with E-state index in [9.17, 15) is 18.9 Å². The van der Waals surface area contributed by atoms with Gasteiger partial charge in [0.05, 0.1) is 6.61 Å². The predicted octanol–water partition coefficient (Wildman–Crippen LogP) is 2.77. The lowest BCUT2D eigenvalue weighted by Gasteiger charge is -2.32. The third-order valence-electron chi connectivity index (χ3n) is 4.84. The van der Waals surface area contributed by atoms with E-state index >= 15 is 0 Å². The Morgan fingerprint density at radius 2 is 1.53 bits per heavy atom. The van der Waals surface area contributed by atoms with E-state index in [4.69, 9.17) is 9.47 Å². The standard InChI is InChI=1S/C24H32N3O6P/c1-4-32-22(29)16-26-34(31,20-13-9-6-10-14-20)23(18(2)3)27-21(28)15-25-24(30)33-17-19-11-7-5-8-12-19/h5-14,18,23H,4,15-17H2,1-3H3,(H,25,30)(H,26,31)(H,27,28). The van der Waals surface area contributed by atoms with Crippen LogP contribution in [0.15, 0.2) is 60.7 Å². The minimum absolute atomic E-state index is 0.0733. The molecule has 2 unspecified atom stereocenters. The lowest BCUT2D eigenvalue weighted by molar-refractivity contribution is -0.141. The number of amides is 2. The van der Waals surface area contributed by atoms with Gasteiger partial charge in [0.25, 0.3) is 0 Å². The van der Waals surface area contributed by atoms with Gasteiger partial charge in [-0.05, 0) is 18.4 Å². The van der Waals surface area contributed by atoms with E-state index in [0.29, 0.717) is 5.30 Å². The molecule has 0 saturated heterocycles. The molecule has 2 amide bonds. The van der Waals surface area contributed by atoms with Crippen LogP contribution in [0.25, 0.3) is 0 Å². The van der Waals surface area contributed by atoms with Crippen molar-refractivity contribution in [1.82, 2.24) is 15.7 Å². The SMILES string of the molecule is CCOC(=O)CNP(=O)(c1ccccc1)C(NC(=O)CNC(=O)OCc1ccccc1)C(C)C.